The van der Waals surface area contributed by atoms with Gasteiger partial charge in [-0.15, -0.1) is 0 Å². The zero-order valence-electron chi connectivity index (χ0n) is 19.3. The van der Waals surface area contributed by atoms with E-state index in [1.54, 1.807) is 5.56 Å². The highest BCUT2D eigenvalue weighted by molar-refractivity contribution is 7.85. The lowest BCUT2D eigenvalue weighted by Crippen LogP contribution is -2.49. The SMILES string of the molecule is O=S1CCCCc2nc(N3CCC(c4ccc5c(c4)CC5)CC3)nc(NC3(CO)CCC3)c21. The van der Waals surface area contributed by atoms with Crippen molar-refractivity contribution in [3.8, 4) is 0 Å². The maximum absolute atomic E-state index is 13.1. The fourth-order valence-corrected chi connectivity index (χ4v) is 7.20. The summed E-state index contributed by atoms with van der Waals surface area (Å²) in [5, 5.41) is 13.6. The molecule has 2 aromatic rings. The van der Waals surface area contributed by atoms with Gasteiger partial charge in [-0.1, -0.05) is 18.2 Å². The molecule has 4 aliphatic rings. The van der Waals surface area contributed by atoms with Gasteiger partial charge in [-0.25, -0.2) is 4.98 Å². The topological polar surface area (TPSA) is 78.4 Å². The van der Waals surface area contributed by atoms with Crippen molar-refractivity contribution in [3.63, 3.8) is 0 Å². The van der Waals surface area contributed by atoms with Crippen LogP contribution < -0.4 is 10.2 Å². The zero-order valence-corrected chi connectivity index (χ0v) is 20.1. The molecule has 1 unspecified atom stereocenters. The largest absolute Gasteiger partial charge is 0.394 e. The predicted octanol–water partition coefficient (Wildman–Crippen LogP) is 3.73. The third kappa shape index (κ3) is 3.97. The van der Waals surface area contributed by atoms with E-state index in [1.165, 1.54) is 24.0 Å². The van der Waals surface area contributed by atoms with Gasteiger partial charge in [-0.05, 0) is 86.8 Å². The van der Waals surface area contributed by atoms with E-state index in [-0.39, 0.29) is 12.1 Å². The molecule has 1 aromatic heterocycles. The fourth-order valence-electron chi connectivity index (χ4n) is 5.81. The number of hydrogen-bond donors (Lipinski definition) is 2. The van der Waals surface area contributed by atoms with E-state index in [9.17, 15) is 9.32 Å². The number of benzene rings is 1. The predicted molar refractivity (Wildman–Crippen MR) is 132 cm³/mol. The van der Waals surface area contributed by atoms with E-state index >= 15 is 0 Å². The van der Waals surface area contributed by atoms with Crippen molar-refractivity contribution >= 4 is 22.6 Å². The molecule has 176 valence electrons. The van der Waals surface area contributed by atoms with Gasteiger partial charge in [0.25, 0.3) is 0 Å². The van der Waals surface area contributed by atoms with Crippen molar-refractivity contribution in [3.05, 3.63) is 40.6 Å². The van der Waals surface area contributed by atoms with E-state index in [0.717, 1.165) is 81.0 Å². The lowest BCUT2D eigenvalue weighted by molar-refractivity contribution is 0.143. The first-order chi connectivity index (χ1) is 16.1. The minimum Gasteiger partial charge on any atom is -0.394 e. The monoisotopic (exact) mass is 466 g/mol. The quantitative estimate of drug-likeness (QED) is 0.699. The first-order valence-electron chi connectivity index (χ1n) is 12.7. The van der Waals surface area contributed by atoms with Crippen molar-refractivity contribution in [1.82, 2.24) is 9.97 Å². The second kappa shape index (κ2) is 8.66. The molecule has 2 N–H and O–H groups in total. The number of aliphatic hydroxyl groups excluding tert-OH is 1. The number of piperidine rings is 1. The molecule has 2 aliphatic carbocycles. The van der Waals surface area contributed by atoms with Gasteiger partial charge < -0.3 is 15.3 Å². The third-order valence-corrected chi connectivity index (χ3v) is 9.83. The van der Waals surface area contributed by atoms with Crippen LogP contribution in [0.15, 0.2) is 23.1 Å². The van der Waals surface area contributed by atoms with Crippen LogP contribution in [0.5, 0.6) is 0 Å². The summed E-state index contributed by atoms with van der Waals surface area (Å²) in [6.45, 7) is 1.96. The van der Waals surface area contributed by atoms with Crippen molar-refractivity contribution < 1.29 is 9.32 Å². The molecule has 1 aromatic carbocycles. The standard InChI is InChI=1S/C26H34N4O2S/c31-17-26(11-3-12-26)29-24-23-22(4-1-2-15-33(23)32)27-25(28-24)30-13-9-19(10-14-30)21-8-6-18-5-7-20(18)16-21/h6,8,16,19,31H,1-5,7,9-15,17H2,(H,27,28,29). The van der Waals surface area contributed by atoms with Crippen LogP contribution in [0.25, 0.3) is 0 Å². The molecule has 6 nitrogen and oxygen atoms in total. The first-order valence-corrected chi connectivity index (χ1v) is 14.0. The Balaban J connectivity index is 1.25. The molecule has 6 rings (SSSR count). The number of anilines is 2. The maximum atomic E-state index is 13.1. The Morgan fingerprint density at radius 2 is 1.88 bits per heavy atom. The lowest BCUT2D eigenvalue weighted by Gasteiger charge is -2.42. The van der Waals surface area contributed by atoms with Crippen LogP contribution in [0.4, 0.5) is 11.8 Å². The molecule has 33 heavy (non-hydrogen) atoms. The minimum absolute atomic E-state index is 0.0833. The van der Waals surface area contributed by atoms with Crippen LogP contribution in [-0.2, 0) is 30.1 Å². The van der Waals surface area contributed by atoms with Gasteiger partial charge in [0.05, 0.1) is 28.6 Å². The number of aryl methyl sites for hydroxylation is 3. The number of hydrogen-bond acceptors (Lipinski definition) is 6. The normalized spacial score (nSPS) is 24.2. The Hall–Kier alpha value is -1.99. The van der Waals surface area contributed by atoms with Crippen LogP contribution in [-0.4, -0.2) is 50.3 Å². The molecule has 1 saturated heterocycles. The second-order valence-corrected chi connectivity index (χ2v) is 11.9. The Morgan fingerprint density at radius 3 is 2.55 bits per heavy atom. The number of fused-ring (bicyclic) bond motifs is 2. The van der Waals surface area contributed by atoms with Gasteiger partial charge in [0.15, 0.2) is 0 Å². The average molecular weight is 467 g/mol. The number of nitrogens with zero attached hydrogens (tertiary/aromatic N) is 3. The molecule has 2 fully saturated rings. The van der Waals surface area contributed by atoms with Gasteiger partial charge in [0.2, 0.25) is 5.95 Å². The average Bonchev–Trinajstić information content (AvgIpc) is 2.98. The van der Waals surface area contributed by atoms with Gasteiger partial charge in [-0.3, -0.25) is 4.21 Å². The van der Waals surface area contributed by atoms with Gasteiger partial charge >= 0.3 is 0 Å². The molecule has 1 atom stereocenters. The van der Waals surface area contributed by atoms with E-state index in [4.69, 9.17) is 9.97 Å². The molecule has 3 heterocycles. The molecular weight excluding hydrogens is 432 g/mol. The molecule has 7 heteroatoms. The fraction of sp³-hybridized carbons (Fsp3) is 0.615. The summed E-state index contributed by atoms with van der Waals surface area (Å²) in [4.78, 5) is 13.0. The molecule has 2 aliphatic heterocycles. The van der Waals surface area contributed by atoms with E-state index in [1.807, 2.05) is 0 Å². The smallest absolute Gasteiger partial charge is 0.227 e. The lowest BCUT2D eigenvalue weighted by atomic mass is 9.77. The second-order valence-electron chi connectivity index (χ2n) is 10.4. The minimum atomic E-state index is -1.09. The highest BCUT2D eigenvalue weighted by atomic mass is 32.2. The molecule has 0 amide bonds. The van der Waals surface area contributed by atoms with Crippen molar-refractivity contribution in [2.45, 2.75) is 80.6 Å². The zero-order chi connectivity index (χ0) is 22.4. The number of nitrogens with one attached hydrogen (secondary N) is 1. The summed E-state index contributed by atoms with van der Waals surface area (Å²) in [6.07, 6.45) is 10.5. The van der Waals surface area contributed by atoms with Gasteiger partial charge in [-0.2, -0.15) is 4.98 Å². The van der Waals surface area contributed by atoms with E-state index in [2.05, 4.69) is 28.4 Å². The number of aromatic nitrogens is 2. The summed E-state index contributed by atoms with van der Waals surface area (Å²) in [5.74, 6) is 2.74. The van der Waals surface area contributed by atoms with E-state index < -0.39 is 10.8 Å². The Morgan fingerprint density at radius 1 is 1.06 bits per heavy atom. The van der Waals surface area contributed by atoms with Crippen LogP contribution in [0.3, 0.4) is 0 Å². The third-order valence-electron chi connectivity index (χ3n) is 8.29. The Labute approximate surface area is 198 Å². The molecule has 0 spiro atoms. The van der Waals surface area contributed by atoms with Gasteiger partial charge in [0.1, 0.15) is 10.7 Å². The number of rotatable bonds is 5. The highest BCUT2D eigenvalue weighted by Gasteiger charge is 2.38. The van der Waals surface area contributed by atoms with Crippen molar-refractivity contribution in [2.75, 3.05) is 35.7 Å². The first kappa shape index (κ1) is 21.5. The number of aliphatic hydroxyl groups is 1. The maximum Gasteiger partial charge on any atom is 0.227 e. The summed E-state index contributed by atoms with van der Waals surface area (Å²) in [5.41, 5.74) is 5.18. The molecule has 0 radical (unpaired) electrons. The molecular formula is C26H34N4O2S. The van der Waals surface area contributed by atoms with Crippen molar-refractivity contribution in [1.29, 1.82) is 0 Å². The van der Waals surface area contributed by atoms with Crippen LogP contribution >= 0.6 is 0 Å². The van der Waals surface area contributed by atoms with Crippen LogP contribution in [0, 0.1) is 0 Å². The highest BCUT2D eigenvalue weighted by Crippen LogP contribution is 2.39. The summed E-state index contributed by atoms with van der Waals surface area (Å²) in [7, 11) is -1.09. The Kier molecular flexibility index (Phi) is 5.65. The molecule has 1 saturated carbocycles. The van der Waals surface area contributed by atoms with E-state index in [0.29, 0.717) is 17.5 Å². The Bertz CT molecular complexity index is 1070. The van der Waals surface area contributed by atoms with Crippen molar-refractivity contribution in [2.24, 2.45) is 0 Å². The molecule has 0 bridgehead atoms. The summed E-state index contributed by atoms with van der Waals surface area (Å²) in [6, 6.07) is 7.09. The summed E-state index contributed by atoms with van der Waals surface area (Å²) < 4.78 is 13.1. The summed E-state index contributed by atoms with van der Waals surface area (Å²) >= 11 is 0. The van der Waals surface area contributed by atoms with Gasteiger partial charge in [0, 0.05) is 18.8 Å². The van der Waals surface area contributed by atoms with Crippen LogP contribution in [0.2, 0.25) is 0 Å². The van der Waals surface area contributed by atoms with Crippen LogP contribution in [0.1, 0.15) is 73.2 Å².